The molecule has 0 fully saturated rings. The molecule has 0 amide bonds. The number of fused-ring (bicyclic) bond motifs is 30. The molecule has 137 heavy (non-hydrogen) atoms. The molecule has 0 N–H and O–H groups in total. The molecule has 11 heterocycles. The van der Waals surface area contributed by atoms with Gasteiger partial charge in [0.15, 0.2) is 17.5 Å². The van der Waals surface area contributed by atoms with Crippen molar-refractivity contribution in [2.45, 2.75) is 58.5 Å². The van der Waals surface area contributed by atoms with Crippen LogP contribution in [0.5, 0.6) is 0 Å². The summed E-state index contributed by atoms with van der Waals surface area (Å²) in [6.07, 6.45) is 0. The Balaban J connectivity index is 0.000000104. The summed E-state index contributed by atoms with van der Waals surface area (Å²) in [7, 11) is -6.36. The minimum absolute atomic E-state index is 0.118. The third-order valence-electron chi connectivity index (χ3n) is 30.1. The van der Waals surface area contributed by atoms with Crippen molar-refractivity contribution in [1.29, 1.82) is 0 Å². The first kappa shape index (κ1) is 80.3. The maximum atomic E-state index is 6.51. The summed E-state index contributed by atoms with van der Waals surface area (Å²) < 4.78 is 16.2. The minimum Gasteiger partial charge on any atom is -0.455 e. The summed E-state index contributed by atoms with van der Waals surface area (Å²) in [5.41, 5.74) is 31.1. The van der Waals surface area contributed by atoms with Gasteiger partial charge in [-0.05, 0) is 139 Å². The molecule has 1 aliphatic carbocycles. The lowest BCUT2D eigenvalue weighted by Gasteiger charge is -2.23. The van der Waals surface area contributed by atoms with Crippen LogP contribution in [-0.2, 0) is 5.41 Å². The number of hydrogen-bond donors (Lipinski definition) is 0. The molecule has 0 saturated carbocycles. The van der Waals surface area contributed by atoms with Crippen LogP contribution in [0.3, 0.4) is 0 Å². The number of hydrogen-bond acceptors (Lipinski definition) is 7. The zero-order valence-electron chi connectivity index (χ0n) is 77.0. The number of para-hydroxylation sites is 6. The highest BCUT2D eigenvalue weighted by Crippen LogP contribution is 2.54. The van der Waals surface area contributed by atoms with E-state index in [1.807, 2.05) is 18.2 Å². The van der Waals surface area contributed by atoms with Crippen molar-refractivity contribution in [1.82, 2.24) is 48.2 Å². The molecule has 8 aromatic heterocycles. The van der Waals surface area contributed by atoms with E-state index in [2.05, 4.69) is 454 Å². The molecule has 14 heteroatoms. The quantitative estimate of drug-likeness (QED) is 0.139. The Kier molecular flexibility index (Phi) is 17.6. The average Bonchev–Trinajstić information content (AvgIpc) is 1.53. The first-order valence-electron chi connectivity index (χ1n) is 47.4. The van der Waals surface area contributed by atoms with E-state index in [1.165, 1.54) is 130 Å². The fraction of sp³-hybridized carbons (Fsp3) is 0.0732. The van der Waals surface area contributed by atoms with Crippen molar-refractivity contribution in [3.05, 3.63) is 412 Å². The van der Waals surface area contributed by atoms with Crippen molar-refractivity contribution >= 4 is 165 Å². The Morgan fingerprint density at radius 1 is 0.241 bits per heavy atom. The average molecular weight is 1810 g/mol. The summed E-state index contributed by atoms with van der Waals surface area (Å²) in [6, 6.07) is 144. The van der Waals surface area contributed by atoms with Gasteiger partial charge < -0.3 is 13.6 Å². The van der Waals surface area contributed by atoms with Crippen LogP contribution in [0.4, 0.5) is 0 Å². The molecular weight excluding hydrogens is 1720 g/mol. The van der Waals surface area contributed by atoms with E-state index in [0.717, 1.165) is 135 Å². The third-order valence-corrected chi connectivity index (χ3v) is 40.6. The van der Waals surface area contributed by atoms with Gasteiger partial charge in [-0.2, -0.15) is 0 Å². The zero-order chi connectivity index (χ0) is 91.6. The Bertz CT molecular complexity index is 9410. The van der Waals surface area contributed by atoms with Crippen molar-refractivity contribution in [2.75, 3.05) is 0 Å². The van der Waals surface area contributed by atoms with Crippen LogP contribution in [0.2, 0.25) is 39.3 Å². The zero-order valence-corrected chi connectivity index (χ0v) is 80.0. The lowest BCUT2D eigenvalue weighted by Crippen LogP contribution is -2.51. The molecule has 0 spiro atoms. The summed E-state index contributed by atoms with van der Waals surface area (Å²) in [5.74, 6) is 4.31. The van der Waals surface area contributed by atoms with Gasteiger partial charge in [-0.15, -0.1) is 0 Å². The van der Waals surface area contributed by atoms with Crippen molar-refractivity contribution in [2.24, 2.45) is 0 Å². The molecule has 11 nitrogen and oxygen atoms in total. The molecule has 0 radical (unpaired) electrons. The van der Waals surface area contributed by atoms with Crippen LogP contribution in [-0.4, -0.2) is 72.4 Å². The van der Waals surface area contributed by atoms with Crippen LogP contribution < -0.4 is 31.1 Å². The molecule has 17 aromatic carbocycles. The molecule has 650 valence electrons. The van der Waals surface area contributed by atoms with Gasteiger partial charge >= 0.3 is 0 Å². The van der Waals surface area contributed by atoms with E-state index >= 15 is 0 Å². The van der Waals surface area contributed by atoms with Crippen LogP contribution in [0.25, 0.3) is 222 Å². The molecule has 0 atom stereocenters. The van der Waals surface area contributed by atoms with Gasteiger partial charge in [0.2, 0.25) is 0 Å². The highest BCUT2D eigenvalue weighted by atomic mass is 28.3. The summed E-state index contributed by atoms with van der Waals surface area (Å²) in [6.45, 7) is 19.4. The fourth-order valence-electron chi connectivity index (χ4n) is 23.9. The van der Waals surface area contributed by atoms with E-state index in [1.54, 1.807) is 0 Å². The third kappa shape index (κ3) is 11.7. The van der Waals surface area contributed by atoms with Crippen LogP contribution in [0.1, 0.15) is 25.0 Å². The molecule has 0 saturated heterocycles. The predicted octanol–water partition coefficient (Wildman–Crippen LogP) is 27.1. The van der Waals surface area contributed by atoms with E-state index in [9.17, 15) is 0 Å². The molecular formula is C123H90N10OSi3. The van der Waals surface area contributed by atoms with Crippen LogP contribution >= 0.6 is 0 Å². The monoisotopic (exact) mass is 1810 g/mol. The largest absolute Gasteiger partial charge is 0.455 e. The first-order valence-corrected chi connectivity index (χ1v) is 56.4. The number of nitrogens with zero attached hydrogens (tertiary/aromatic N) is 10. The lowest BCUT2D eigenvalue weighted by atomic mass is 9.80. The van der Waals surface area contributed by atoms with Gasteiger partial charge in [-0.1, -0.05) is 375 Å². The van der Waals surface area contributed by atoms with Crippen LogP contribution in [0, 0.1) is 0 Å². The van der Waals surface area contributed by atoms with Gasteiger partial charge in [0.05, 0.1) is 72.3 Å². The predicted molar refractivity (Wildman–Crippen MR) is 577 cm³/mol. The maximum absolute atomic E-state index is 6.51. The number of rotatable bonds is 8. The second kappa shape index (κ2) is 30.1. The normalized spacial score (nSPS) is 14.1. The highest BCUT2D eigenvalue weighted by Gasteiger charge is 2.47. The van der Waals surface area contributed by atoms with E-state index in [4.69, 9.17) is 34.3 Å². The first-order chi connectivity index (χ1) is 67.1. The van der Waals surface area contributed by atoms with Gasteiger partial charge in [0, 0.05) is 97.9 Å². The molecule has 3 aliphatic heterocycles. The second-order valence-corrected chi connectivity index (χ2v) is 51.9. The van der Waals surface area contributed by atoms with Crippen molar-refractivity contribution < 1.29 is 4.42 Å². The SMILES string of the molecule is CC1(C)c2ccccc2-c2ccc3c(c21)c1ccccc1n3-c1nc(-c2ccccc2)nc2c1[Si](C)(C)c1ccccc1-2.C[Si]1(C)c2ccccc2-c2nc(-c3ccccc3)nc(-c3ccc(-n4c5ccccc5c5c6oc7ccccc7c6ccc54)cc3)c21.C[Si]1(C)c2ccccc2-c2nc(-c3ccccc3)nc(-n3c4ccccc4c4c3ccc3c5ccccc5n(-c5ccccc5)c34)c21. The standard InChI is InChI=1S/C42H30N4Si.C42H29N3OSi.C39H31N3Si/c1-47(2)36-24-14-11-21-32(36)38-40(47)42(44-41(43-38)27-15-5-3-6-16-27)46-34-23-13-10-20-31(34)37-35(46)26-25-30-29-19-9-12-22-33(29)45(39(30)37)28-17-7-4-8-18-28;1-47(2)36-19-11-8-16-32(36)39-41(47)38(43-42(44-39)27-12-4-3-5-13-27)26-20-22-28(23-21-26)45-33-17-9-6-15-31(33)37-34(45)25-24-30-29-14-7-10-18-35(29)46-40(30)37;1-39(2)29-19-11-8-16-25(29)26-22-23-31-33(34(26)39)27-17-9-12-20-30(27)42(31)38-36-35(28-18-10-13-21-32(28)43(36,3)4)40-37(41-38)24-14-6-5-7-15-24/h3-26H,1-2H3;3-25H,1-2H3;5-23H,1-4H3. The Hall–Kier alpha value is -16.4. The fourth-order valence-corrected chi connectivity index (χ4v) is 33.5. The smallest absolute Gasteiger partial charge is 0.162 e. The van der Waals surface area contributed by atoms with Crippen molar-refractivity contribution in [3.8, 4) is 113 Å². The Labute approximate surface area is 794 Å². The van der Waals surface area contributed by atoms with Gasteiger partial charge in [-0.25, -0.2) is 29.9 Å². The van der Waals surface area contributed by atoms with Crippen LogP contribution in [0.15, 0.2) is 405 Å². The summed E-state index contributed by atoms with van der Waals surface area (Å²) in [4.78, 5) is 32.2. The van der Waals surface area contributed by atoms with Gasteiger partial charge in [0.25, 0.3) is 0 Å². The second-order valence-electron chi connectivity index (χ2n) is 39.1. The highest BCUT2D eigenvalue weighted by molar-refractivity contribution is 7.05. The summed E-state index contributed by atoms with van der Waals surface area (Å²) in [5, 5.41) is 20.4. The minimum atomic E-state index is -2.18. The lowest BCUT2D eigenvalue weighted by molar-refractivity contribution is 0.666. The molecule has 25 aromatic rings. The van der Waals surface area contributed by atoms with E-state index < -0.39 is 24.2 Å². The maximum Gasteiger partial charge on any atom is 0.162 e. The molecule has 4 aliphatic rings. The number of furan rings is 1. The van der Waals surface area contributed by atoms with E-state index in [-0.39, 0.29) is 5.41 Å². The van der Waals surface area contributed by atoms with Crippen molar-refractivity contribution in [3.63, 3.8) is 0 Å². The molecule has 29 rings (SSSR count). The Morgan fingerprint density at radius 3 is 1.15 bits per heavy atom. The summed E-state index contributed by atoms with van der Waals surface area (Å²) >= 11 is 0. The number of benzene rings is 17. The Morgan fingerprint density at radius 2 is 0.613 bits per heavy atom. The van der Waals surface area contributed by atoms with E-state index in [0.29, 0.717) is 0 Å². The number of aromatic nitrogens is 10. The molecule has 0 unspecified atom stereocenters. The topological polar surface area (TPSA) is 110 Å². The molecule has 0 bridgehead atoms. The van der Waals surface area contributed by atoms with Gasteiger partial charge in [-0.3, -0.25) is 9.13 Å². The van der Waals surface area contributed by atoms with Gasteiger partial charge in [0.1, 0.15) is 47.0 Å².